The lowest BCUT2D eigenvalue weighted by Crippen LogP contribution is -2.47. The molecule has 1 saturated heterocycles. The van der Waals surface area contributed by atoms with Crippen molar-refractivity contribution in [1.29, 1.82) is 0 Å². The highest BCUT2D eigenvalue weighted by atomic mass is 32.1. The van der Waals surface area contributed by atoms with Crippen LogP contribution in [0.1, 0.15) is 35.8 Å². The smallest absolute Gasteiger partial charge is 0.326 e. The van der Waals surface area contributed by atoms with Crippen LogP contribution in [0.4, 0.5) is 4.79 Å². The summed E-state index contributed by atoms with van der Waals surface area (Å²) in [4.78, 5) is 41.7. The van der Waals surface area contributed by atoms with Crippen LogP contribution in [0.15, 0.2) is 5.38 Å². The Hall–Kier alpha value is -1.96. The highest BCUT2D eigenvalue weighted by Crippen LogP contribution is 2.22. The number of carboxylic acid groups (broad SMARTS) is 1. The first-order valence-electron chi connectivity index (χ1n) is 7.15. The van der Waals surface area contributed by atoms with E-state index in [2.05, 4.69) is 4.98 Å². The molecule has 0 radical (unpaired) electrons. The average Bonchev–Trinajstić information content (AvgIpc) is 3.08. The van der Waals surface area contributed by atoms with Crippen molar-refractivity contribution in [3.8, 4) is 0 Å². The van der Waals surface area contributed by atoms with Crippen LogP contribution in [0.25, 0.3) is 0 Å². The molecule has 0 aromatic carbocycles. The molecule has 7 nitrogen and oxygen atoms in total. The van der Waals surface area contributed by atoms with Crippen molar-refractivity contribution in [2.45, 2.75) is 32.9 Å². The molecular weight excluding hydrogens is 306 g/mol. The van der Waals surface area contributed by atoms with Crippen LogP contribution >= 0.6 is 11.3 Å². The normalized spacial score (nSPS) is 17.6. The van der Waals surface area contributed by atoms with E-state index < -0.39 is 12.0 Å². The predicted octanol–water partition coefficient (Wildman–Crippen LogP) is 1.69. The Morgan fingerprint density at radius 1 is 1.55 bits per heavy atom. The number of carbonyl (C=O) groups excluding carboxylic acids is 2. The van der Waals surface area contributed by atoms with E-state index in [0.29, 0.717) is 43.0 Å². The van der Waals surface area contributed by atoms with Crippen molar-refractivity contribution in [1.82, 2.24) is 14.8 Å². The highest BCUT2D eigenvalue weighted by Gasteiger charge is 2.39. The maximum absolute atomic E-state index is 12.4. The van der Waals surface area contributed by atoms with E-state index in [1.807, 2.05) is 13.8 Å². The van der Waals surface area contributed by atoms with Gasteiger partial charge in [-0.05, 0) is 5.92 Å². The number of hydrogen-bond acceptors (Lipinski definition) is 5. The minimum atomic E-state index is -0.971. The largest absolute Gasteiger partial charge is 0.480 e. The Bertz CT molecular complexity index is 574. The van der Waals surface area contributed by atoms with Crippen LogP contribution < -0.4 is 0 Å². The van der Waals surface area contributed by atoms with E-state index in [-0.39, 0.29) is 11.9 Å². The summed E-state index contributed by atoms with van der Waals surface area (Å²) in [7, 11) is 0. The fourth-order valence-corrected chi connectivity index (χ4v) is 3.17. The van der Waals surface area contributed by atoms with E-state index in [9.17, 15) is 19.5 Å². The number of amides is 2. The van der Waals surface area contributed by atoms with Gasteiger partial charge in [-0.2, -0.15) is 0 Å². The second-order valence-corrected chi connectivity index (χ2v) is 6.25. The van der Waals surface area contributed by atoms with Crippen LogP contribution in [0.3, 0.4) is 0 Å². The Morgan fingerprint density at radius 2 is 2.27 bits per heavy atom. The van der Waals surface area contributed by atoms with Gasteiger partial charge in [-0.15, -0.1) is 11.3 Å². The molecule has 2 amide bonds. The summed E-state index contributed by atoms with van der Waals surface area (Å²) < 4.78 is 0. The van der Waals surface area contributed by atoms with Crippen LogP contribution in [0.5, 0.6) is 0 Å². The van der Waals surface area contributed by atoms with E-state index in [1.54, 1.807) is 10.3 Å². The first-order valence-corrected chi connectivity index (χ1v) is 8.03. The van der Waals surface area contributed by atoms with Gasteiger partial charge in [-0.1, -0.05) is 20.3 Å². The Kier molecular flexibility index (Phi) is 5.12. The van der Waals surface area contributed by atoms with Gasteiger partial charge in [0.15, 0.2) is 11.3 Å². The first-order chi connectivity index (χ1) is 10.5. The lowest BCUT2D eigenvalue weighted by Gasteiger charge is -2.28. The summed E-state index contributed by atoms with van der Waals surface area (Å²) in [5, 5.41) is 11.5. The number of nitrogens with zero attached hydrogens (tertiary/aromatic N) is 3. The Balaban J connectivity index is 2.07. The number of aldehydes is 1. The zero-order chi connectivity index (χ0) is 16.3. The molecule has 1 aromatic rings. The fourth-order valence-electron chi connectivity index (χ4n) is 2.56. The fraction of sp³-hybridized carbons (Fsp3) is 0.571. The SMILES string of the molecule is CC[C@H](C)[C@@H](C(=O)O)N1CCN(Cc2csc(C=O)n2)C1=O. The number of carboxylic acids is 1. The summed E-state index contributed by atoms with van der Waals surface area (Å²) in [5.74, 6) is -1.08. The molecular formula is C14H19N3O4S. The van der Waals surface area contributed by atoms with Crippen LogP contribution in [0, 0.1) is 5.92 Å². The summed E-state index contributed by atoms with van der Waals surface area (Å²) in [6, 6.07) is -1.09. The zero-order valence-corrected chi connectivity index (χ0v) is 13.4. The van der Waals surface area contributed by atoms with Crippen LogP contribution in [-0.2, 0) is 11.3 Å². The predicted molar refractivity (Wildman–Crippen MR) is 80.9 cm³/mol. The third kappa shape index (κ3) is 3.27. The number of carbonyl (C=O) groups is 3. The summed E-state index contributed by atoms with van der Waals surface area (Å²) in [5.41, 5.74) is 0.651. The standard InChI is InChI=1S/C14H19N3O4S/c1-3-9(2)12(13(19)20)17-5-4-16(14(17)21)6-10-8-22-11(7-18)15-10/h7-9,12H,3-6H2,1-2H3,(H,19,20)/t9-,12-/m0/s1. The van der Waals surface area contributed by atoms with Gasteiger partial charge in [-0.25, -0.2) is 14.6 Å². The number of thiazole rings is 1. The highest BCUT2D eigenvalue weighted by molar-refractivity contribution is 7.11. The van der Waals surface area contributed by atoms with Gasteiger partial charge in [0.1, 0.15) is 6.04 Å². The van der Waals surface area contributed by atoms with Gasteiger partial charge in [-0.3, -0.25) is 4.79 Å². The van der Waals surface area contributed by atoms with Crippen molar-refractivity contribution in [2.75, 3.05) is 13.1 Å². The van der Waals surface area contributed by atoms with Crippen LogP contribution in [0.2, 0.25) is 0 Å². The van der Waals surface area contributed by atoms with Crippen LogP contribution in [-0.4, -0.2) is 57.3 Å². The van der Waals surface area contributed by atoms with Crippen molar-refractivity contribution in [2.24, 2.45) is 5.92 Å². The number of hydrogen-bond donors (Lipinski definition) is 1. The molecule has 0 aliphatic carbocycles. The van der Waals surface area contributed by atoms with E-state index in [4.69, 9.17) is 0 Å². The summed E-state index contributed by atoms with van der Waals surface area (Å²) in [6.07, 6.45) is 1.37. The monoisotopic (exact) mass is 325 g/mol. The third-order valence-electron chi connectivity index (χ3n) is 3.92. The van der Waals surface area contributed by atoms with Crippen molar-refractivity contribution < 1.29 is 19.5 Å². The lowest BCUT2D eigenvalue weighted by atomic mass is 9.98. The number of aromatic nitrogens is 1. The first kappa shape index (κ1) is 16.4. The average molecular weight is 325 g/mol. The van der Waals surface area contributed by atoms with Gasteiger partial charge in [0.25, 0.3) is 0 Å². The Labute approximate surface area is 132 Å². The molecule has 1 aliphatic heterocycles. The minimum Gasteiger partial charge on any atom is -0.480 e. The van der Waals surface area contributed by atoms with E-state index in [0.717, 1.165) is 0 Å². The van der Waals surface area contributed by atoms with Gasteiger partial charge in [0.2, 0.25) is 0 Å². The van der Waals surface area contributed by atoms with Gasteiger partial charge < -0.3 is 14.9 Å². The second kappa shape index (κ2) is 6.87. The molecule has 120 valence electrons. The second-order valence-electron chi connectivity index (χ2n) is 5.36. The summed E-state index contributed by atoms with van der Waals surface area (Å²) in [6.45, 7) is 4.91. The molecule has 2 rings (SSSR count). The van der Waals surface area contributed by atoms with Gasteiger partial charge in [0.05, 0.1) is 12.2 Å². The molecule has 8 heteroatoms. The molecule has 1 aliphatic rings. The quantitative estimate of drug-likeness (QED) is 0.770. The molecule has 0 spiro atoms. The van der Waals surface area contributed by atoms with Crippen molar-refractivity contribution in [3.63, 3.8) is 0 Å². The van der Waals surface area contributed by atoms with Crippen molar-refractivity contribution in [3.05, 3.63) is 16.1 Å². The Morgan fingerprint density at radius 3 is 2.82 bits per heavy atom. The molecule has 0 bridgehead atoms. The molecule has 2 heterocycles. The molecule has 22 heavy (non-hydrogen) atoms. The van der Waals surface area contributed by atoms with Gasteiger partial charge in [0, 0.05) is 18.5 Å². The molecule has 0 unspecified atom stereocenters. The molecule has 1 aromatic heterocycles. The molecule has 1 N–H and O–H groups in total. The van der Waals surface area contributed by atoms with E-state index >= 15 is 0 Å². The molecule has 1 fully saturated rings. The lowest BCUT2D eigenvalue weighted by molar-refractivity contribution is -0.143. The molecule has 2 atom stereocenters. The number of urea groups is 1. The van der Waals surface area contributed by atoms with Crippen molar-refractivity contribution >= 4 is 29.6 Å². The molecule has 0 saturated carbocycles. The maximum atomic E-state index is 12.4. The maximum Gasteiger partial charge on any atom is 0.326 e. The summed E-state index contributed by atoms with van der Waals surface area (Å²) >= 11 is 1.23. The van der Waals surface area contributed by atoms with E-state index in [1.165, 1.54) is 16.2 Å². The third-order valence-corrected chi connectivity index (χ3v) is 4.74. The number of rotatable bonds is 7. The van der Waals surface area contributed by atoms with Gasteiger partial charge >= 0.3 is 12.0 Å². The number of aliphatic carboxylic acids is 1. The minimum absolute atomic E-state index is 0.109. The topological polar surface area (TPSA) is 90.8 Å². The zero-order valence-electron chi connectivity index (χ0n) is 12.6.